The number of fused-ring (bicyclic) bond motifs is 1. The molecule has 3 aromatic rings. The Morgan fingerprint density at radius 1 is 1.00 bits per heavy atom. The molecule has 0 bridgehead atoms. The van der Waals surface area contributed by atoms with E-state index in [1.165, 1.54) is 11.1 Å². The molecule has 2 aromatic carbocycles. The van der Waals surface area contributed by atoms with Gasteiger partial charge >= 0.3 is 0 Å². The largest absolute Gasteiger partial charge is 0.497 e. The molecule has 1 unspecified atom stereocenters. The summed E-state index contributed by atoms with van der Waals surface area (Å²) >= 11 is 0. The van der Waals surface area contributed by atoms with Gasteiger partial charge in [-0.05, 0) is 42.0 Å². The highest BCUT2D eigenvalue weighted by molar-refractivity contribution is 5.29. The minimum Gasteiger partial charge on any atom is -0.497 e. The highest BCUT2D eigenvalue weighted by Gasteiger charge is 2.21. The van der Waals surface area contributed by atoms with E-state index < -0.39 is 0 Å². The van der Waals surface area contributed by atoms with Crippen LogP contribution in [0.25, 0.3) is 0 Å². The van der Waals surface area contributed by atoms with Crippen LogP contribution in [0.5, 0.6) is 5.75 Å². The van der Waals surface area contributed by atoms with Gasteiger partial charge in [-0.15, -0.1) is 10.2 Å². The Labute approximate surface area is 148 Å². The monoisotopic (exact) mass is 333 g/mol. The van der Waals surface area contributed by atoms with Crippen LogP contribution in [-0.2, 0) is 19.4 Å². The van der Waals surface area contributed by atoms with E-state index in [2.05, 4.69) is 57.2 Å². The molecule has 0 amide bonds. The van der Waals surface area contributed by atoms with E-state index in [0.29, 0.717) is 5.92 Å². The maximum Gasteiger partial charge on any atom is 0.137 e. The zero-order valence-electron chi connectivity index (χ0n) is 14.6. The SMILES string of the molecule is COc1ccc(Cc2nnc3n2CCC(c2ccccc2)CC3)cc1. The molecule has 2 heterocycles. The smallest absolute Gasteiger partial charge is 0.137 e. The predicted octanol–water partition coefficient (Wildman–Crippen LogP) is 4.00. The van der Waals surface area contributed by atoms with Crippen molar-refractivity contribution in [1.82, 2.24) is 14.8 Å². The van der Waals surface area contributed by atoms with E-state index in [9.17, 15) is 0 Å². The predicted molar refractivity (Wildman–Crippen MR) is 97.9 cm³/mol. The van der Waals surface area contributed by atoms with Crippen LogP contribution in [-0.4, -0.2) is 21.9 Å². The van der Waals surface area contributed by atoms with Gasteiger partial charge in [0.15, 0.2) is 0 Å². The molecule has 1 aliphatic heterocycles. The molecule has 128 valence electrons. The molecule has 0 saturated carbocycles. The molecule has 1 aliphatic rings. The Balaban J connectivity index is 1.50. The lowest BCUT2D eigenvalue weighted by Crippen LogP contribution is -2.07. The highest BCUT2D eigenvalue weighted by Crippen LogP contribution is 2.29. The fourth-order valence-corrected chi connectivity index (χ4v) is 3.66. The molecule has 0 N–H and O–H groups in total. The summed E-state index contributed by atoms with van der Waals surface area (Å²) in [4.78, 5) is 0. The number of nitrogens with zero attached hydrogens (tertiary/aromatic N) is 3. The molecule has 0 saturated heterocycles. The molecule has 25 heavy (non-hydrogen) atoms. The Bertz CT molecular complexity index is 824. The van der Waals surface area contributed by atoms with Crippen molar-refractivity contribution in [3.05, 3.63) is 77.4 Å². The van der Waals surface area contributed by atoms with Crippen molar-refractivity contribution in [3.63, 3.8) is 0 Å². The van der Waals surface area contributed by atoms with Crippen molar-refractivity contribution in [2.75, 3.05) is 7.11 Å². The van der Waals surface area contributed by atoms with E-state index in [-0.39, 0.29) is 0 Å². The van der Waals surface area contributed by atoms with Gasteiger partial charge in [-0.3, -0.25) is 0 Å². The summed E-state index contributed by atoms with van der Waals surface area (Å²) in [6.45, 7) is 0.993. The van der Waals surface area contributed by atoms with Crippen molar-refractivity contribution in [2.45, 2.75) is 38.1 Å². The fourth-order valence-electron chi connectivity index (χ4n) is 3.66. The zero-order valence-corrected chi connectivity index (χ0v) is 14.6. The van der Waals surface area contributed by atoms with Gasteiger partial charge in [0, 0.05) is 19.4 Å². The molecular formula is C21H23N3O. The number of methoxy groups -OCH3 is 1. The van der Waals surface area contributed by atoms with E-state index in [1.54, 1.807) is 7.11 Å². The zero-order chi connectivity index (χ0) is 17.1. The molecular weight excluding hydrogens is 310 g/mol. The summed E-state index contributed by atoms with van der Waals surface area (Å²) < 4.78 is 7.56. The summed E-state index contributed by atoms with van der Waals surface area (Å²) in [6, 6.07) is 19.0. The van der Waals surface area contributed by atoms with Crippen LogP contribution in [0.15, 0.2) is 54.6 Å². The number of hydrogen-bond donors (Lipinski definition) is 0. The first kappa shape index (κ1) is 15.9. The van der Waals surface area contributed by atoms with Crippen molar-refractivity contribution in [3.8, 4) is 5.75 Å². The Kier molecular flexibility index (Phi) is 4.51. The maximum atomic E-state index is 5.23. The van der Waals surface area contributed by atoms with Crippen LogP contribution in [0.3, 0.4) is 0 Å². The van der Waals surface area contributed by atoms with E-state index in [1.807, 2.05) is 12.1 Å². The molecule has 1 atom stereocenters. The highest BCUT2D eigenvalue weighted by atomic mass is 16.5. The average molecular weight is 333 g/mol. The van der Waals surface area contributed by atoms with Gasteiger partial charge in [0.2, 0.25) is 0 Å². The van der Waals surface area contributed by atoms with E-state index in [4.69, 9.17) is 4.74 Å². The molecule has 0 radical (unpaired) electrons. The number of hydrogen-bond acceptors (Lipinski definition) is 3. The number of ether oxygens (including phenoxy) is 1. The Morgan fingerprint density at radius 3 is 2.56 bits per heavy atom. The average Bonchev–Trinajstić information content (AvgIpc) is 2.92. The maximum absolute atomic E-state index is 5.23. The van der Waals surface area contributed by atoms with Gasteiger partial charge in [0.05, 0.1) is 7.11 Å². The Hall–Kier alpha value is -2.62. The molecule has 4 heteroatoms. The number of benzene rings is 2. The lowest BCUT2D eigenvalue weighted by molar-refractivity contribution is 0.414. The first-order valence-electron chi connectivity index (χ1n) is 8.92. The third-order valence-corrected chi connectivity index (χ3v) is 5.11. The van der Waals surface area contributed by atoms with Crippen molar-refractivity contribution < 1.29 is 4.74 Å². The Morgan fingerprint density at radius 2 is 1.80 bits per heavy atom. The standard InChI is InChI=1S/C21H23N3O/c1-25-19-10-7-16(8-11-19)15-21-23-22-20-12-9-18(13-14-24(20)21)17-5-3-2-4-6-17/h2-8,10-11,18H,9,12-15H2,1H3. The number of aryl methyl sites for hydroxylation is 1. The summed E-state index contributed by atoms with van der Waals surface area (Å²) in [5.41, 5.74) is 2.68. The third kappa shape index (κ3) is 3.43. The van der Waals surface area contributed by atoms with Gasteiger partial charge < -0.3 is 9.30 Å². The van der Waals surface area contributed by atoms with Crippen LogP contribution in [0, 0.1) is 0 Å². The van der Waals surface area contributed by atoms with Crippen LogP contribution in [0.2, 0.25) is 0 Å². The van der Waals surface area contributed by atoms with Crippen LogP contribution >= 0.6 is 0 Å². The van der Waals surface area contributed by atoms with Crippen molar-refractivity contribution in [1.29, 1.82) is 0 Å². The van der Waals surface area contributed by atoms with Gasteiger partial charge in [-0.1, -0.05) is 42.5 Å². The van der Waals surface area contributed by atoms with Crippen LogP contribution < -0.4 is 4.74 Å². The molecule has 0 aliphatic carbocycles. The van der Waals surface area contributed by atoms with Gasteiger partial charge in [0.1, 0.15) is 17.4 Å². The van der Waals surface area contributed by atoms with E-state index in [0.717, 1.165) is 49.6 Å². The van der Waals surface area contributed by atoms with Crippen molar-refractivity contribution in [2.24, 2.45) is 0 Å². The minimum absolute atomic E-state index is 0.608. The topological polar surface area (TPSA) is 39.9 Å². The number of rotatable bonds is 4. The lowest BCUT2D eigenvalue weighted by Gasteiger charge is -2.14. The number of aromatic nitrogens is 3. The van der Waals surface area contributed by atoms with E-state index >= 15 is 0 Å². The molecule has 1 aromatic heterocycles. The first-order chi connectivity index (χ1) is 12.3. The minimum atomic E-state index is 0.608. The van der Waals surface area contributed by atoms with Crippen LogP contribution in [0.1, 0.15) is 41.5 Å². The summed E-state index contributed by atoms with van der Waals surface area (Å²) in [7, 11) is 1.69. The third-order valence-electron chi connectivity index (χ3n) is 5.11. The van der Waals surface area contributed by atoms with Crippen LogP contribution in [0.4, 0.5) is 0 Å². The molecule has 4 rings (SSSR count). The van der Waals surface area contributed by atoms with Gasteiger partial charge in [-0.25, -0.2) is 0 Å². The quantitative estimate of drug-likeness (QED) is 0.724. The van der Waals surface area contributed by atoms with Gasteiger partial charge in [0.25, 0.3) is 0 Å². The fraction of sp³-hybridized carbons (Fsp3) is 0.333. The second-order valence-corrected chi connectivity index (χ2v) is 6.64. The second-order valence-electron chi connectivity index (χ2n) is 6.64. The summed E-state index contributed by atoms with van der Waals surface area (Å²) in [5, 5.41) is 8.92. The normalized spacial score (nSPS) is 16.9. The molecule has 4 nitrogen and oxygen atoms in total. The summed E-state index contributed by atoms with van der Waals surface area (Å²) in [5.74, 6) is 3.68. The molecule has 0 spiro atoms. The first-order valence-corrected chi connectivity index (χ1v) is 8.92. The molecule has 0 fully saturated rings. The summed E-state index contributed by atoms with van der Waals surface area (Å²) in [6.07, 6.45) is 4.09. The second kappa shape index (κ2) is 7.09. The van der Waals surface area contributed by atoms with Gasteiger partial charge in [-0.2, -0.15) is 0 Å². The lowest BCUT2D eigenvalue weighted by atomic mass is 9.92. The van der Waals surface area contributed by atoms with Crippen molar-refractivity contribution >= 4 is 0 Å².